The van der Waals surface area contributed by atoms with Crippen LogP contribution in [0.15, 0.2) is 53.0 Å². The highest BCUT2D eigenvalue weighted by Gasteiger charge is 2.14. The summed E-state index contributed by atoms with van der Waals surface area (Å²) in [7, 11) is 3.29. The molecule has 0 aliphatic heterocycles. The van der Waals surface area contributed by atoms with Crippen LogP contribution in [0.1, 0.15) is 27.4 Å². The van der Waals surface area contributed by atoms with Crippen molar-refractivity contribution in [2.45, 2.75) is 20.5 Å². The first-order valence-electron chi connectivity index (χ1n) is 9.94. The molecule has 164 valence electrons. The number of pyridine rings is 1. The minimum absolute atomic E-state index is 0.249. The van der Waals surface area contributed by atoms with Crippen molar-refractivity contribution < 1.29 is 19.0 Å². The SMILES string of the molecule is COC(=O)c1cccc(OCc2nc3c(C)cc(Oc4ccc(Br)c(C)n4)cc3n2C)c1. The summed E-state index contributed by atoms with van der Waals surface area (Å²) in [6.07, 6.45) is 0. The second kappa shape index (κ2) is 9.00. The number of fused-ring (bicyclic) bond motifs is 1. The minimum atomic E-state index is -0.406. The smallest absolute Gasteiger partial charge is 0.337 e. The molecule has 0 aliphatic rings. The highest BCUT2D eigenvalue weighted by Crippen LogP contribution is 2.29. The van der Waals surface area contributed by atoms with E-state index >= 15 is 0 Å². The Labute approximate surface area is 194 Å². The average Bonchev–Trinajstić information content (AvgIpc) is 3.10. The molecule has 7 nitrogen and oxygen atoms in total. The molecule has 2 heterocycles. The van der Waals surface area contributed by atoms with E-state index in [4.69, 9.17) is 19.2 Å². The Bertz CT molecular complexity index is 1320. The first-order chi connectivity index (χ1) is 15.4. The summed E-state index contributed by atoms with van der Waals surface area (Å²) in [5.74, 6) is 2.13. The Hall–Kier alpha value is -3.39. The standard InChI is InChI=1S/C24H22BrN3O4/c1-14-10-18(32-22-9-8-19(25)15(2)26-22)12-20-23(14)27-21(28(20)3)13-31-17-7-5-6-16(11-17)24(29)30-4/h5-12H,13H2,1-4H3. The number of esters is 1. The number of carbonyl (C=O) groups is 1. The minimum Gasteiger partial charge on any atom is -0.486 e. The normalized spacial score (nSPS) is 10.9. The van der Waals surface area contributed by atoms with E-state index in [9.17, 15) is 4.79 Å². The van der Waals surface area contributed by atoms with Crippen LogP contribution in [0.5, 0.6) is 17.4 Å². The third-order valence-electron chi connectivity index (χ3n) is 5.08. The van der Waals surface area contributed by atoms with Crippen LogP contribution in [0.2, 0.25) is 0 Å². The summed E-state index contributed by atoms with van der Waals surface area (Å²) in [5.41, 5.74) is 4.08. The van der Waals surface area contributed by atoms with E-state index in [2.05, 4.69) is 20.9 Å². The molecule has 2 aromatic carbocycles. The van der Waals surface area contributed by atoms with E-state index in [1.165, 1.54) is 7.11 Å². The molecule has 0 unspecified atom stereocenters. The molecule has 0 saturated heterocycles. The highest BCUT2D eigenvalue weighted by atomic mass is 79.9. The van der Waals surface area contributed by atoms with Crippen molar-refractivity contribution in [1.82, 2.24) is 14.5 Å². The van der Waals surface area contributed by atoms with Crippen LogP contribution in [-0.2, 0) is 18.4 Å². The van der Waals surface area contributed by atoms with Crippen LogP contribution in [0.4, 0.5) is 0 Å². The largest absolute Gasteiger partial charge is 0.486 e. The Morgan fingerprint density at radius 3 is 2.62 bits per heavy atom. The number of nitrogens with zero attached hydrogens (tertiary/aromatic N) is 3. The summed E-state index contributed by atoms with van der Waals surface area (Å²) in [6.45, 7) is 4.16. The zero-order chi connectivity index (χ0) is 22.8. The van der Waals surface area contributed by atoms with Gasteiger partial charge in [-0.2, -0.15) is 0 Å². The average molecular weight is 496 g/mol. The van der Waals surface area contributed by atoms with E-state index < -0.39 is 5.97 Å². The number of methoxy groups -OCH3 is 1. The van der Waals surface area contributed by atoms with Crippen LogP contribution in [0, 0.1) is 13.8 Å². The summed E-state index contributed by atoms with van der Waals surface area (Å²) in [5, 5.41) is 0. The highest BCUT2D eigenvalue weighted by molar-refractivity contribution is 9.10. The molecule has 4 rings (SSSR count). The Balaban J connectivity index is 1.57. The van der Waals surface area contributed by atoms with Gasteiger partial charge >= 0.3 is 5.97 Å². The van der Waals surface area contributed by atoms with Crippen LogP contribution < -0.4 is 9.47 Å². The molecule has 0 atom stereocenters. The van der Waals surface area contributed by atoms with E-state index in [0.29, 0.717) is 22.9 Å². The maximum absolute atomic E-state index is 11.7. The van der Waals surface area contributed by atoms with Crippen LogP contribution >= 0.6 is 15.9 Å². The summed E-state index contributed by atoms with van der Waals surface area (Å²) >= 11 is 3.45. The van der Waals surface area contributed by atoms with Crippen molar-refractivity contribution in [3.05, 3.63) is 75.6 Å². The fourth-order valence-corrected chi connectivity index (χ4v) is 3.56. The molecule has 8 heteroatoms. The van der Waals surface area contributed by atoms with Gasteiger partial charge < -0.3 is 18.8 Å². The molecular weight excluding hydrogens is 474 g/mol. The van der Waals surface area contributed by atoms with Gasteiger partial charge in [-0.1, -0.05) is 6.07 Å². The predicted octanol–water partition coefficient (Wildman–Crippen LogP) is 5.51. The molecule has 0 N–H and O–H groups in total. The molecule has 0 spiro atoms. The van der Waals surface area contributed by atoms with Crippen molar-refractivity contribution in [1.29, 1.82) is 0 Å². The zero-order valence-electron chi connectivity index (χ0n) is 18.2. The van der Waals surface area contributed by atoms with Crippen molar-refractivity contribution in [3.63, 3.8) is 0 Å². The van der Waals surface area contributed by atoms with Gasteiger partial charge in [-0.15, -0.1) is 0 Å². The van der Waals surface area contributed by atoms with E-state index in [1.54, 1.807) is 24.3 Å². The maximum atomic E-state index is 11.7. The lowest BCUT2D eigenvalue weighted by molar-refractivity contribution is 0.0600. The van der Waals surface area contributed by atoms with Crippen LogP contribution in [-0.4, -0.2) is 27.6 Å². The second-order valence-corrected chi connectivity index (χ2v) is 8.18. The Morgan fingerprint density at radius 2 is 1.88 bits per heavy atom. The predicted molar refractivity (Wildman–Crippen MR) is 124 cm³/mol. The van der Waals surface area contributed by atoms with Gasteiger partial charge in [0, 0.05) is 23.7 Å². The number of carbonyl (C=O) groups excluding carboxylic acids is 1. The fourth-order valence-electron chi connectivity index (χ4n) is 3.34. The van der Waals surface area contributed by atoms with Crippen LogP contribution in [0.25, 0.3) is 11.0 Å². The van der Waals surface area contributed by atoms with Gasteiger partial charge in [0.05, 0.1) is 29.4 Å². The molecule has 0 radical (unpaired) electrons. The van der Waals surface area contributed by atoms with Gasteiger partial charge in [-0.3, -0.25) is 0 Å². The lowest BCUT2D eigenvalue weighted by Crippen LogP contribution is -2.05. The molecule has 0 amide bonds. The summed E-state index contributed by atoms with van der Waals surface area (Å²) in [6, 6.07) is 14.5. The third kappa shape index (κ3) is 4.45. The molecule has 4 aromatic rings. The summed E-state index contributed by atoms with van der Waals surface area (Å²) < 4.78 is 19.6. The molecular formula is C24H22BrN3O4. The number of ether oxygens (including phenoxy) is 3. The third-order valence-corrected chi connectivity index (χ3v) is 5.92. The first kappa shape index (κ1) is 21.8. The van der Waals surface area contributed by atoms with Crippen molar-refractivity contribution in [3.8, 4) is 17.4 Å². The number of aromatic nitrogens is 3. The fraction of sp³-hybridized carbons (Fsp3) is 0.208. The Kier molecular flexibility index (Phi) is 6.14. The van der Waals surface area contributed by atoms with E-state index in [1.807, 2.05) is 49.7 Å². The molecule has 32 heavy (non-hydrogen) atoms. The van der Waals surface area contributed by atoms with E-state index in [0.717, 1.165) is 32.6 Å². The van der Waals surface area contributed by atoms with E-state index in [-0.39, 0.29) is 6.61 Å². The lowest BCUT2D eigenvalue weighted by Gasteiger charge is -2.09. The first-order valence-corrected chi connectivity index (χ1v) is 10.7. The number of benzene rings is 2. The van der Waals surface area contributed by atoms with Gasteiger partial charge in [0.25, 0.3) is 0 Å². The van der Waals surface area contributed by atoms with Gasteiger partial charge in [0.2, 0.25) is 5.88 Å². The number of halogens is 1. The quantitative estimate of drug-likeness (QED) is 0.328. The monoisotopic (exact) mass is 495 g/mol. The van der Waals surface area contributed by atoms with Crippen molar-refractivity contribution >= 4 is 32.9 Å². The van der Waals surface area contributed by atoms with Crippen LogP contribution in [0.3, 0.4) is 0 Å². The molecule has 2 aromatic heterocycles. The molecule has 0 bridgehead atoms. The summed E-state index contributed by atoms with van der Waals surface area (Å²) in [4.78, 5) is 20.9. The van der Waals surface area contributed by atoms with Gasteiger partial charge in [0.15, 0.2) is 0 Å². The van der Waals surface area contributed by atoms with Crippen molar-refractivity contribution in [2.24, 2.45) is 7.05 Å². The van der Waals surface area contributed by atoms with Gasteiger partial charge in [-0.05, 0) is 65.7 Å². The maximum Gasteiger partial charge on any atom is 0.337 e. The number of aryl methyl sites for hydroxylation is 3. The van der Waals surface area contributed by atoms with Gasteiger partial charge in [0.1, 0.15) is 23.9 Å². The number of hydrogen-bond donors (Lipinski definition) is 0. The lowest BCUT2D eigenvalue weighted by atomic mass is 10.2. The van der Waals surface area contributed by atoms with Crippen molar-refractivity contribution in [2.75, 3.05) is 7.11 Å². The zero-order valence-corrected chi connectivity index (χ0v) is 19.8. The number of hydrogen-bond acceptors (Lipinski definition) is 6. The number of imidazole rings is 1. The topological polar surface area (TPSA) is 75.5 Å². The molecule has 0 aliphatic carbocycles. The second-order valence-electron chi connectivity index (χ2n) is 7.32. The number of rotatable bonds is 6. The molecule has 0 fully saturated rings. The molecule has 0 saturated carbocycles. The van der Waals surface area contributed by atoms with Gasteiger partial charge in [-0.25, -0.2) is 14.8 Å². The Morgan fingerprint density at radius 1 is 1.06 bits per heavy atom.